The van der Waals surface area contributed by atoms with E-state index in [1.54, 1.807) is 7.11 Å². The lowest BCUT2D eigenvalue weighted by Gasteiger charge is -2.22. The lowest BCUT2D eigenvalue weighted by atomic mass is 10.2. The normalized spacial score (nSPS) is 16.3. The van der Waals surface area contributed by atoms with E-state index in [1.807, 2.05) is 60.3 Å². The molecule has 1 fully saturated rings. The average Bonchev–Trinajstić information content (AvgIpc) is 2.64. The van der Waals surface area contributed by atoms with Crippen molar-refractivity contribution in [2.75, 3.05) is 30.5 Å². The number of benzene rings is 2. The number of hydrogen-bond donors (Lipinski definition) is 2. The third kappa shape index (κ3) is 5.83. The van der Waals surface area contributed by atoms with Crippen LogP contribution in [0.2, 0.25) is 0 Å². The molecule has 2 aromatic carbocycles. The van der Waals surface area contributed by atoms with E-state index in [9.17, 15) is 4.79 Å². The van der Waals surface area contributed by atoms with Crippen molar-refractivity contribution in [1.29, 1.82) is 0 Å². The van der Waals surface area contributed by atoms with Crippen LogP contribution in [0.3, 0.4) is 0 Å². The monoisotopic (exact) mass is 394 g/mol. The highest BCUT2D eigenvalue weighted by atomic mass is 35.5. The molecule has 1 aliphatic heterocycles. The van der Waals surface area contributed by atoms with Gasteiger partial charge in [0.05, 0.1) is 7.11 Å². The summed E-state index contributed by atoms with van der Waals surface area (Å²) in [5, 5.41) is 6.30. The lowest BCUT2D eigenvalue weighted by Crippen LogP contribution is -2.39. The van der Waals surface area contributed by atoms with E-state index < -0.39 is 0 Å². The maximum Gasteiger partial charge on any atom is 0.225 e. The molecule has 0 aromatic heterocycles. The fourth-order valence-corrected chi connectivity index (χ4v) is 3.57. The topological polar surface area (TPSA) is 59.6 Å². The van der Waals surface area contributed by atoms with Crippen LogP contribution in [0.15, 0.2) is 48.5 Å². The third-order valence-corrected chi connectivity index (χ3v) is 5.00. The Morgan fingerprint density at radius 3 is 2.58 bits per heavy atom. The summed E-state index contributed by atoms with van der Waals surface area (Å²) in [6.45, 7) is 0.970. The number of para-hydroxylation sites is 2. The minimum atomic E-state index is 0. The molecule has 2 N–H and O–H groups in total. The molecule has 0 bridgehead atoms. The fraction of sp³-hybridized carbons (Fsp3) is 0.316. The number of anilines is 1. The molecule has 140 valence electrons. The molecule has 2 aromatic rings. The summed E-state index contributed by atoms with van der Waals surface area (Å²) in [6, 6.07) is 15.1. The number of hydrogen-bond acceptors (Lipinski definition) is 5. The number of amides is 1. The van der Waals surface area contributed by atoms with Crippen LogP contribution in [0, 0.1) is 0 Å². The van der Waals surface area contributed by atoms with Crippen molar-refractivity contribution in [3.05, 3.63) is 48.5 Å². The molecule has 1 atom stereocenters. The van der Waals surface area contributed by atoms with Crippen molar-refractivity contribution in [3.8, 4) is 17.2 Å². The Morgan fingerprint density at radius 2 is 1.92 bits per heavy atom. The van der Waals surface area contributed by atoms with Crippen molar-refractivity contribution in [2.45, 2.75) is 12.5 Å². The Hall–Kier alpha value is -1.89. The van der Waals surface area contributed by atoms with Crippen molar-refractivity contribution in [1.82, 2.24) is 5.32 Å². The second-order valence-electron chi connectivity index (χ2n) is 5.76. The fourth-order valence-electron chi connectivity index (χ4n) is 2.62. The van der Waals surface area contributed by atoms with E-state index in [4.69, 9.17) is 9.47 Å². The van der Waals surface area contributed by atoms with Crippen molar-refractivity contribution < 1.29 is 14.3 Å². The number of nitrogens with one attached hydrogen (secondary N) is 2. The Kier molecular flexibility index (Phi) is 8.09. The van der Waals surface area contributed by atoms with Crippen LogP contribution in [-0.2, 0) is 4.79 Å². The summed E-state index contributed by atoms with van der Waals surface area (Å²) < 4.78 is 11.1. The molecule has 7 heteroatoms. The molecule has 1 heterocycles. The number of methoxy groups -OCH3 is 1. The number of rotatable bonds is 6. The minimum absolute atomic E-state index is 0. The first-order chi connectivity index (χ1) is 12.2. The van der Waals surface area contributed by atoms with Crippen LogP contribution in [0.25, 0.3) is 0 Å². The van der Waals surface area contributed by atoms with E-state index in [0.29, 0.717) is 23.7 Å². The van der Waals surface area contributed by atoms with Crippen LogP contribution in [0.4, 0.5) is 5.69 Å². The van der Waals surface area contributed by atoms with E-state index in [-0.39, 0.29) is 24.4 Å². The molecule has 3 rings (SSSR count). The van der Waals surface area contributed by atoms with Gasteiger partial charge in [-0.3, -0.25) is 4.79 Å². The Balaban J connectivity index is 0.00000243. The second-order valence-corrected chi connectivity index (χ2v) is 6.91. The van der Waals surface area contributed by atoms with Crippen LogP contribution >= 0.6 is 24.2 Å². The van der Waals surface area contributed by atoms with Gasteiger partial charge in [0.25, 0.3) is 0 Å². The summed E-state index contributed by atoms with van der Waals surface area (Å²) in [6.07, 6.45) is 0.493. The van der Waals surface area contributed by atoms with Gasteiger partial charge in [0.2, 0.25) is 5.91 Å². The van der Waals surface area contributed by atoms with E-state index in [0.717, 1.165) is 23.7 Å². The first kappa shape index (κ1) is 20.4. The van der Waals surface area contributed by atoms with E-state index in [1.165, 1.54) is 0 Å². The van der Waals surface area contributed by atoms with Gasteiger partial charge in [0.15, 0.2) is 11.5 Å². The van der Waals surface area contributed by atoms with E-state index >= 15 is 0 Å². The molecule has 0 aliphatic carbocycles. The predicted octanol–water partition coefficient (Wildman–Crippen LogP) is 3.94. The molecular weight excluding hydrogens is 372 g/mol. The van der Waals surface area contributed by atoms with Crippen molar-refractivity contribution >= 4 is 35.8 Å². The zero-order valence-electron chi connectivity index (χ0n) is 14.6. The minimum Gasteiger partial charge on any atom is -0.493 e. The highest BCUT2D eigenvalue weighted by Gasteiger charge is 2.16. The smallest absolute Gasteiger partial charge is 0.225 e. The second kappa shape index (κ2) is 10.3. The van der Waals surface area contributed by atoms with Crippen molar-refractivity contribution in [3.63, 3.8) is 0 Å². The molecular formula is C19H23ClN2O3S. The standard InChI is InChI=1S/C19H22N2O3S.ClH/c1-23-17-4-2-3-5-18(17)24-16-8-6-14(7-9-16)21-19(22)12-15-13-25-11-10-20-15;/h2-9,15,20H,10-13H2,1H3,(H,21,22);1H. The molecule has 1 saturated heterocycles. The Labute approximate surface area is 164 Å². The van der Waals surface area contributed by atoms with Crippen LogP contribution in [0.5, 0.6) is 17.2 Å². The molecule has 5 nitrogen and oxygen atoms in total. The molecule has 26 heavy (non-hydrogen) atoms. The Morgan fingerprint density at radius 1 is 1.19 bits per heavy atom. The van der Waals surface area contributed by atoms with Gasteiger partial charge >= 0.3 is 0 Å². The van der Waals surface area contributed by atoms with Gasteiger partial charge < -0.3 is 20.1 Å². The van der Waals surface area contributed by atoms with Gasteiger partial charge in [-0.2, -0.15) is 11.8 Å². The maximum atomic E-state index is 12.1. The van der Waals surface area contributed by atoms with Crippen LogP contribution in [-0.4, -0.2) is 37.1 Å². The zero-order valence-corrected chi connectivity index (χ0v) is 16.2. The molecule has 0 spiro atoms. The molecule has 0 saturated carbocycles. The van der Waals surface area contributed by atoms with Gasteiger partial charge in [0.1, 0.15) is 5.75 Å². The molecule has 1 amide bonds. The van der Waals surface area contributed by atoms with Crippen LogP contribution in [0.1, 0.15) is 6.42 Å². The third-order valence-electron chi connectivity index (χ3n) is 3.87. The highest BCUT2D eigenvalue weighted by Crippen LogP contribution is 2.31. The summed E-state index contributed by atoms with van der Waals surface area (Å²) in [7, 11) is 1.61. The molecule has 1 aliphatic rings. The summed E-state index contributed by atoms with van der Waals surface area (Å²) in [5.41, 5.74) is 0.765. The SMILES string of the molecule is COc1ccccc1Oc1ccc(NC(=O)CC2CSCCN2)cc1.Cl. The number of halogens is 1. The van der Waals surface area contributed by atoms with Gasteiger partial charge in [-0.25, -0.2) is 0 Å². The maximum absolute atomic E-state index is 12.1. The van der Waals surface area contributed by atoms with Gasteiger partial charge in [0, 0.05) is 36.2 Å². The van der Waals surface area contributed by atoms with Crippen molar-refractivity contribution in [2.24, 2.45) is 0 Å². The first-order valence-electron chi connectivity index (χ1n) is 8.26. The van der Waals surface area contributed by atoms with Gasteiger partial charge in [-0.05, 0) is 36.4 Å². The summed E-state index contributed by atoms with van der Waals surface area (Å²) >= 11 is 1.89. The highest BCUT2D eigenvalue weighted by molar-refractivity contribution is 7.99. The summed E-state index contributed by atoms with van der Waals surface area (Å²) in [4.78, 5) is 12.1. The zero-order chi connectivity index (χ0) is 17.5. The number of carbonyl (C=O) groups is 1. The number of ether oxygens (including phenoxy) is 2. The van der Waals surface area contributed by atoms with Crippen LogP contribution < -0.4 is 20.1 Å². The van der Waals surface area contributed by atoms with Gasteiger partial charge in [-0.15, -0.1) is 12.4 Å². The Bertz CT molecular complexity index is 706. The van der Waals surface area contributed by atoms with E-state index in [2.05, 4.69) is 10.6 Å². The number of carbonyl (C=O) groups excluding carboxylic acids is 1. The first-order valence-corrected chi connectivity index (χ1v) is 9.42. The quantitative estimate of drug-likeness (QED) is 0.777. The molecule has 1 unspecified atom stereocenters. The lowest BCUT2D eigenvalue weighted by molar-refractivity contribution is -0.116. The molecule has 0 radical (unpaired) electrons. The largest absolute Gasteiger partial charge is 0.493 e. The average molecular weight is 395 g/mol. The van der Waals surface area contributed by atoms with Gasteiger partial charge in [-0.1, -0.05) is 12.1 Å². The summed E-state index contributed by atoms with van der Waals surface area (Å²) in [5.74, 6) is 4.15. The predicted molar refractivity (Wildman–Crippen MR) is 109 cm³/mol. The number of thioether (sulfide) groups is 1.